The summed E-state index contributed by atoms with van der Waals surface area (Å²) in [6.45, 7) is 4.71. The van der Waals surface area contributed by atoms with Crippen LogP contribution in [0.25, 0.3) is 0 Å². The smallest absolute Gasteiger partial charge is 0.324 e. The van der Waals surface area contributed by atoms with E-state index in [0.717, 1.165) is 17.7 Å². The minimum atomic E-state index is -4.64. The molecule has 1 saturated heterocycles. The maximum absolute atomic E-state index is 13.0. The predicted molar refractivity (Wildman–Crippen MR) is 97.4 cm³/mol. The number of anilines is 1. The number of allylic oxidation sites excluding steroid dienone is 2. The third-order valence-electron chi connectivity index (χ3n) is 4.35. The fourth-order valence-electron chi connectivity index (χ4n) is 2.88. The Balaban J connectivity index is 2.08. The van der Waals surface area contributed by atoms with E-state index in [1.807, 2.05) is 19.9 Å². The first-order chi connectivity index (χ1) is 12.9. The number of benzene rings is 1. The number of carbonyl (C=O) groups excluding carboxylic acids is 3. The van der Waals surface area contributed by atoms with Crippen LogP contribution in [0, 0.1) is 0 Å². The van der Waals surface area contributed by atoms with Crippen LogP contribution in [-0.2, 0) is 15.8 Å². The van der Waals surface area contributed by atoms with Crippen molar-refractivity contribution in [2.24, 2.45) is 0 Å². The van der Waals surface area contributed by atoms with Crippen molar-refractivity contribution in [1.82, 2.24) is 10.2 Å². The molecule has 2 N–H and O–H groups in total. The van der Waals surface area contributed by atoms with Gasteiger partial charge < -0.3 is 10.6 Å². The Labute approximate surface area is 160 Å². The topological polar surface area (TPSA) is 78.5 Å². The van der Waals surface area contributed by atoms with Crippen molar-refractivity contribution in [3.8, 4) is 0 Å². The van der Waals surface area contributed by atoms with Gasteiger partial charge in [0.05, 0.1) is 11.3 Å². The summed E-state index contributed by atoms with van der Waals surface area (Å²) in [7, 11) is 0. The number of imide groups is 1. The number of amides is 4. The highest BCUT2D eigenvalue weighted by Crippen LogP contribution is 2.34. The molecule has 0 bridgehead atoms. The first kappa shape index (κ1) is 21.5. The van der Waals surface area contributed by atoms with Crippen molar-refractivity contribution in [3.63, 3.8) is 0 Å². The summed E-state index contributed by atoms with van der Waals surface area (Å²) in [5, 5.41) is 4.69. The molecule has 0 unspecified atom stereocenters. The molecule has 1 aliphatic heterocycles. The van der Waals surface area contributed by atoms with Gasteiger partial charge in [0.2, 0.25) is 5.91 Å². The van der Waals surface area contributed by atoms with Crippen LogP contribution in [-0.4, -0.2) is 34.8 Å². The molecule has 1 heterocycles. The SMILES string of the molecule is CC(C)=CCC[C@]1(C)NC(=O)N(CC(=O)Nc2ccccc2C(F)(F)F)C1=O. The maximum Gasteiger partial charge on any atom is 0.418 e. The highest BCUT2D eigenvalue weighted by Gasteiger charge is 2.47. The second-order valence-corrected chi connectivity index (χ2v) is 7.07. The minimum absolute atomic E-state index is 0.345. The van der Waals surface area contributed by atoms with Crippen molar-refractivity contribution in [2.45, 2.75) is 45.3 Å². The van der Waals surface area contributed by atoms with E-state index >= 15 is 0 Å². The molecule has 9 heteroatoms. The van der Waals surface area contributed by atoms with Gasteiger partial charge in [-0.05, 0) is 45.7 Å². The molecule has 4 amide bonds. The molecular weight excluding hydrogens is 375 g/mol. The van der Waals surface area contributed by atoms with Gasteiger partial charge in [-0.3, -0.25) is 14.5 Å². The van der Waals surface area contributed by atoms with Gasteiger partial charge in [0, 0.05) is 0 Å². The molecule has 0 aliphatic carbocycles. The maximum atomic E-state index is 13.0. The standard InChI is InChI=1S/C19H22F3N3O3/c1-12(2)7-6-10-18(3)16(27)25(17(28)24-18)11-15(26)23-14-9-5-4-8-13(14)19(20,21)22/h4-5,7-9H,6,10-11H2,1-3H3,(H,23,26)(H,24,28)/t18-/m0/s1. The Kier molecular flexibility index (Phi) is 6.16. The minimum Gasteiger partial charge on any atom is -0.324 e. The lowest BCUT2D eigenvalue weighted by molar-refractivity contribution is -0.137. The fourth-order valence-corrected chi connectivity index (χ4v) is 2.88. The van der Waals surface area contributed by atoms with E-state index in [9.17, 15) is 27.6 Å². The Morgan fingerprint density at radius 3 is 2.50 bits per heavy atom. The monoisotopic (exact) mass is 397 g/mol. The zero-order chi connectivity index (χ0) is 21.1. The lowest BCUT2D eigenvalue weighted by Gasteiger charge is -2.21. The van der Waals surface area contributed by atoms with E-state index in [1.165, 1.54) is 12.1 Å². The lowest BCUT2D eigenvalue weighted by Crippen LogP contribution is -2.44. The molecule has 1 aromatic carbocycles. The molecule has 1 aromatic rings. The Morgan fingerprint density at radius 1 is 1.25 bits per heavy atom. The summed E-state index contributed by atoms with van der Waals surface area (Å²) in [4.78, 5) is 37.6. The lowest BCUT2D eigenvalue weighted by atomic mass is 9.95. The van der Waals surface area contributed by atoms with Crippen LogP contribution in [0.15, 0.2) is 35.9 Å². The normalized spacial score (nSPS) is 19.4. The van der Waals surface area contributed by atoms with Gasteiger partial charge in [-0.2, -0.15) is 13.2 Å². The number of nitrogens with one attached hydrogen (secondary N) is 2. The molecular formula is C19H22F3N3O3. The predicted octanol–water partition coefficient (Wildman–Crippen LogP) is 3.70. The van der Waals surface area contributed by atoms with Crippen molar-refractivity contribution in [2.75, 3.05) is 11.9 Å². The first-order valence-electron chi connectivity index (χ1n) is 8.67. The molecule has 0 saturated carbocycles. The third-order valence-corrected chi connectivity index (χ3v) is 4.35. The number of halogens is 3. The number of rotatable bonds is 6. The summed E-state index contributed by atoms with van der Waals surface area (Å²) in [5.74, 6) is -1.48. The zero-order valence-electron chi connectivity index (χ0n) is 15.8. The van der Waals surface area contributed by atoms with Gasteiger partial charge in [0.15, 0.2) is 0 Å². The molecule has 152 valence electrons. The Hall–Kier alpha value is -2.84. The molecule has 0 spiro atoms. The van der Waals surface area contributed by atoms with E-state index in [-0.39, 0.29) is 0 Å². The Bertz CT molecular complexity index is 816. The van der Waals surface area contributed by atoms with Gasteiger partial charge in [0.25, 0.3) is 5.91 Å². The van der Waals surface area contributed by atoms with Crippen LogP contribution in [0.2, 0.25) is 0 Å². The third kappa shape index (κ3) is 4.90. The highest BCUT2D eigenvalue weighted by atomic mass is 19.4. The van der Waals surface area contributed by atoms with Crippen molar-refractivity contribution >= 4 is 23.5 Å². The zero-order valence-corrected chi connectivity index (χ0v) is 15.8. The molecule has 0 aromatic heterocycles. The average Bonchev–Trinajstić information content (AvgIpc) is 2.77. The molecule has 6 nitrogen and oxygen atoms in total. The average molecular weight is 397 g/mol. The summed E-state index contributed by atoms with van der Waals surface area (Å²) in [5.41, 5.74) is -1.53. The van der Waals surface area contributed by atoms with Crippen LogP contribution >= 0.6 is 0 Å². The molecule has 1 atom stereocenters. The number of alkyl halides is 3. The van der Waals surface area contributed by atoms with Gasteiger partial charge >= 0.3 is 12.2 Å². The van der Waals surface area contributed by atoms with Gasteiger partial charge in [0.1, 0.15) is 12.1 Å². The quantitative estimate of drug-likeness (QED) is 0.568. The highest BCUT2D eigenvalue weighted by molar-refractivity contribution is 6.10. The van der Waals surface area contributed by atoms with Crippen LogP contribution < -0.4 is 10.6 Å². The number of urea groups is 1. The summed E-state index contributed by atoms with van der Waals surface area (Å²) < 4.78 is 39.1. The van der Waals surface area contributed by atoms with Crippen molar-refractivity contribution in [1.29, 1.82) is 0 Å². The number of carbonyl (C=O) groups is 3. The first-order valence-corrected chi connectivity index (χ1v) is 8.67. The van der Waals surface area contributed by atoms with Crippen LogP contribution in [0.1, 0.15) is 39.2 Å². The molecule has 0 radical (unpaired) electrons. The molecule has 1 aliphatic rings. The number of nitrogens with zero attached hydrogens (tertiary/aromatic N) is 1. The summed E-state index contributed by atoms with van der Waals surface area (Å²) >= 11 is 0. The number of hydrogen-bond donors (Lipinski definition) is 2. The summed E-state index contributed by atoms with van der Waals surface area (Å²) in [6, 6.07) is 3.75. The second-order valence-electron chi connectivity index (χ2n) is 7.07. The second kappa shape index (κ2) is 8.04. The van der Waals surface area contributed by atoms with Gasteiger partial charge in [-0.15, -0.1) is 0 Å². The summed E-state index contributed by atoms with van der Waals surface area (Å²) in [6.07, 6.45) is -1.82. The molecule has 28 heavy (non-hydrogen) atoms. The van der Waals surface area contributed by atoms with E-state index < -0.39 is 47.4 Å². The van der Waals surface area contributed by atoms with Crippen LogP contribution in [0.4, 0.5) is 23.7 Å². The van der Waals surface area contributed by atoms with Crippen molar-refractivity contribution < 1.29 is 27.6 Å². The largest absolute Gasteiger partial charge is 0.418 e. The van der Waals surface area contributed by atoms with E-state index in [2.05, 4.69) is 10.6 Å². The Morgan fingerprint density at radius 2 is 1.89 bits per heavy atom. The van der Waals surface area contributed by atoms with Gasteiger partial charge in [-0.25, -0.2) is 4.79 Å². The fraction of sp³-hybridized carbons (Fsp3) is 0.421. The van der Waals surface area contributed by atoms with Gasteiger partial charge in [-0.1, -0.05) is 23.8 Å². The number of hydrogen-bond acceptors (Lipinski definition) is 3. The van der Waals surface area contributed by atoms with Crippen LogP contribution in [0.5, 0.6) is 0 Å². The molecule has 1 fully saturated rings. The molecule has 2 rings (SSSR count). The van der Waals surface area contributed by atoms with E-state index in [4.69, 9.17) is 0 Å². The van der Waals surface area contributed by atoms with E-state index in [1.54, 1.807) is 6.92 Å². The van der Waals surface area contributed by atoms with Crippen molar-refractivity contribution in [3.05, 3.63) is 41.5 Å². The number of para-hydroxylation sites is 1. The van der Waals surface area contributed by atoms with E-state index in [0.29, 0.717) is 17.7 Å². The van der Waals surface area contributed by atoms with Crippen LogP contribution in [0.3, 0.4) is 0 Å².